The van der Waals surface area contributed by atoms with Gasteiger partial charge in [0.1, 0.15) is 0 Å². The van der Waals surface area contributed by atoms with Crippen molar-refractivity contribution in [1.82, 2.24) is 20.0 Å². The van der Waals surface area contributed by atoms with Crippen LogP contribution < -0.4 is 5.32 Å². The summed E-state index contributed by atoms with van der Waals surface area (Å²) in [5, 5.41) is 8.31. The molecule has 6 heteroatoms. The van der Waals surface area contributed by atoms with Crippen LogP contribution in [0.2, 0.25) is 0 Å². The normalized spacial score (nSPS) is 19.2. The van der Waals surface area contributed by atoms with Crippen LogP contribution in [0.3, 0.4) is 0 Å². The highest BCUT2D eigenvalue weighted by Crippen LogP contribution is 2.46. The predicted molar refractivity (Wildman–Crippen MR) is 117 cm³/mol. The molecule has 6 nitrogen and oxygen atoms in total. The fraction of sp³-hybridized carbons (Fsp3) is 0.870. The molecule has 0 aromatic carbocycles. The van der Waals surface area contributed by atoms with Gasteiger partial charge in [-0.05, 0) is 72.4 Å². The zero-order valence-electron chi connectivity index (χ0n) is 19.1. The van der Waals surface area contributed by atoms with Gasteiger partial charge in [-0.15, -0.1) is 0 Å². The average Bonchev–Trinajstić information content (AvgIpc) is 3.31. The minimum Gasteiger partial charge on any atom is -0.381 e. The smallest absolute Gasteiger partial charge is 0.0802 e. The summed E-state index contributed by atoms with van der Waals surface area (Å²) in [7, 11) is 4.23. The molecule has 1 fully saturated rings. The number of ether oxygens (including phenoxy) is 2. The molecule has 3 rings (SSSR count). The van der Waals surface area contributed by atoms with E-state index < -0.39 is 0 Å². The molecular formula is C23H42N4O2. The third kappa shape index (κ3) is 5.60. The van der Waals surface area contributed by atoms with Gasteiger partial charge in [0, 0.05) is 56.1 Å². The zero-order valence-corrected chi connectivity index (χ0v) is 19.1. The molecule has 29 heavy (non-hydrogen) atoms. The number of rotatable bonds is 12. The molecule has 0 bridgehead atoms. The Bertz CT molecular complexity index is 613. The van der Waals surface area contributed by atoms with Crippen LogP contribution in [0.1, 0.15) is 68.8 Å². The van der Waals surface area contributed by atoms with Crippen molar-refractivity contribution < 1.29 is 9.47 Å². The summed E-state index contributed by atoms with van der Waals surface area (Å²) >= 11 is 0. The number of fused-ring (bicyclic) bond motifs is 1. The van der Waals surface area contributed by atoms with E-state index in [1.807, 2.05) is 7.05 Å². The summed E-state index contributed by atoms with van der Waals surface area (Å²) in [4.78, 5) is 2.40. The molecule has 0 unspecified atom stereocenters. The van der Waals surface area contributed by atoms with E-state index in [-0.39, 0.29) is 5.41 Å². The highest BCUT2D eigenvalue weighted by Gasteiger charge is 2.38. The van der Waals surface area contributed by atoms with E-state index in [9.17, 15) is 0 Å². The lowest BCUT2D eigenvalue weighted by atomic mass is 9.69. The molecule has 1 aromatic rings. The van der Waals surface area contributed by atoms with Crippen LogP contribution in [0.15, 0.2) is 0 Å². The van der Waals surface area contributed by atoms with Crippen molar-refractivity contribution in [2.45, 2.75) is 71.4 Å². The van der Waals surface area contributed by atoms with E-state index in [1.54, 1.807) is 5.56 Å². The van der Waals surface area contributed by atoms with E-state index in [1.165, 1.54) is 49.9 Å². The largest absolute Gasteiger partial charge is 0.381 e. The fourth-order valence-electron chi connectivity index (χ4n) is 5.12. The summed E-state index contributed by atoms with van der Waals surface area (Å²) in [5.41, 5.74) is 4.63. The van der Waals surface area contributed by atoms with Crippen molar-refractivity contribution in [2.75, 3.05) is 53.6 Å². The van der Waals surface area contributed by atoms with Crippen LogP contribution >= 0.6 is 0 Å². The topological polar surface area (TPSA) is 51.6 Å². The van der Waals surface area contributed by atoms with Crippen LogP contribution in [-0.4, -0.2) is 68.3 Å². The van der Waals surface area contributed by atoms with Crippen LogP contribution in [0.25, 0.3) is 0 Å². The molecule has 0 saturated heterocycles. The number of nitrogens with one attached hydrogen (secondary N) is 1. The summed E-state index contributed by atoms with van der Waals surface area (Å²) in [6.45, 7) is 11.5. The first-order valence-electron chi connectivity index (χ1n) is 11.7. The molecule has 1 N–H and O–H groups in total. The van der Waals surface area contributed by atoms with Crippen molar-refractivity contribution in [3.05, 3.63) is 17.0 Å². The van der Waals surface area contributed by atoms with Gasteiger partial charge in [-0.25, -0.2) is 0 Å². The SMILES string of the molecule is CCOCC1(COCC)CCC(c2c(CN(C)CCNC)nn3c2CCC3)CC1. The number of hydrogen-bond donors (Lipinski definition) is 1. The summed E-state index contributed by atoms with van der Waals surface area (Å²) < 4.78 is 14.1. The highest BCUT2D eigenvalue weighted by atomic mass is 16.5. The molecule has 1 saturated carbocycles. The van der Waals surface area contributed by atoms with E-state index in [4.69, 9.17) is 14.6 Å². The molecule has 166 valence electrons. The minimum atomic E-state index is 0.197. The molecule has 2 aliphatic rings. The van der Waals surface area contributed by atoms with Crippen LogP contribution in [0, 0.1) is 5.41 Å². The fourth-order valence-corrected chi connectivity index (χ4v) is 5.12. The lowest BCUT2D eigenvalue weighted by Gasteiger charge is -2.40. The third-order valence-electron chi connectivity index (χ3n) is 6.80. The van der Waals surface area contributed by atoms with Gasteiger partial charge >= 0.3 is 0 Å². The number of hydrogen-bond acceptors (Lipinski definition) is 5. The Morgan fingerprint density at radius 1 is 1.17 bits per heavy atom. The van der Waals surface area contributed by atoms with Gasteiger partial charge in [-0.1, -0.05) is 0 Å². The lowest BCUT2D eigenvalue weighted by Crippen LogP contribution is -2.36. The highest BCUT2D eigenvalue weighted by molar-refractivity contribution is 5.33. The van der Waals surface area contributed by atoms with Crippen molar-refractivity contribution in [3.8, 4) is 0 Å². The second-order valence-corrected chi connectivity index (χ2v) is 9.02. The molecule has 0 atom stereocenters. The summed E-state index contributed by atoms with van der Waals surface area (Å²) in [6, 6.07) is 0. The standard InChI is InChI=1S/C23H42N4O2/c1-5-28-17-23(18-29-6-2)11-9-19(10-12-23)22-20(16-26(4)15-13-24-3)25-27-14-7-8-21(22)27/h19,24H,5-18H2,1-4H3. The van der Waals surface area contributed by atoms with Crippen molar-refractivity contribution in [3.63, 3.8) is 0 Å². The Labute approximate surface area is 177 Å². The molecule has 1 aromatic heterocycles. The Morgan fingerprint density at radius 3 is 2.48 bits per heavy atom. The first-order valence-corrected chi connectivity index (χ1v) is 11.7. The third-order valence-corrected chi connectivity index (χ3v) is 6.80. The number of aryl methyl sites for hydroxylation is 1. The van der Waals surface area contributed by atoms with E-state index >= 15 is 0 Å². The van der Waals surface area contributed by atoms with Crippen molar-refractivity contribution in [1.29, 1.82) is 0 Å². The van der Waals surface area contributed by atoms with E-state index in [2.05, 4.69) is 35.8 Å². The first-order chi connectivity index (χ1) is 14.1. The second kappa shape index (κ2) is 10.9. The Morgan fingerprint density at radius 2 is 1.86 bits per heavy atom. The van der Waals surface area contributed by atoms with Crippen molar-refractivity contribution in [2.24, 2.45) is 5.41 Å². The van der Waals surface area contributed by atoms with Gasteiger partial charge in [0.2, 0.25) is 0 Å². The van der Waals surface area contributed by atoms with Crippen LogP contribution in [-0.2, 0) is 29.0 Å². The average molecular weight is 407 g/mol. The molecule has 1 aliphatic heterocycles. The summed E-state index contributed by atoms with van der Waals surface area (Å²) in [5.74, 6) is 0.640. The molecule has 2 heterocycles. The van der Waals surface area contributed by atoms with Crippen molar-refractivity contribution >= 4 is 0 Å². The first kappa shape index (κ1) is 22.7. The second-order valence-electron chi connectivity index (χ2n) is 9.02. The van der Waals surface area contributed by atoms with Crippen LogP contribution in [0.4, 0.5) is 0 Å². The number of likely N-dealkylation sites (N-methyl/N-ethyl adjacent to an activating group) is 2. The lowest BCUT2D eigenvalue weighted by molar-refractivity contribution is -0.0395. The maximum absolute atomic E-state index is 5.88. The van der Waals surface area contributed by atoms with Gasteiger partial charge in [0.15, 0.2) is 0 Å². The van der Waals surface area contributed by atoms with Gasteiger partial charge in [-0.2, -0.15) is 5.10 Å². The Balaban J connectivity index is 1.72. The van der Waals surface area contributed by atoms with Gasteiger partial charge in [0.05, 0.1) is 18.9 Å². The Hall–Kier alpha value is -0.950. The molecule has 1 aliphatic carbocycles. The van der Waals surface area contributed by atoms with E-state index in [0.29, 0.717) is 5.92 Å². The van der Waals surface area contributed by atoms with Gasteiger partial charge in [-0.3, -0.25) is 9.58 Å². The predicted octanol–water partition coefficient (Wildman–Crippen LogP) is 3.20. The number of aromatic nitrogens is 2. The molecule has 0 amide bonds. The maximum atomic E-state index is 5.88. The number of nitrogens with zero attached hydrogens (tertiary/aromatic N) is 3. The monoisotopic (exact) mass is 406 g/mol. The molecular weight excluding hydrogens is 364 g/mol. The van der Waals surface area contributed by atoms with E-state index in [0.717, 1.165) is 52.6 Å². The van der Waals surface area contributed by atoms with Crippen LogP contribution in [0.5, 0.6) is 0 Å². The van der Waals surface area contributed by atoms with Gasteiger partial charge in [0.25, 0.3) is 0 Å². The summed E-state index contributed by atoms with van der Waals surface area (Å²) in [6.07, 6.45) is 7.28. The molecule has 0 radical (unpaired) electrons. The minimum absolute atomic E-state index is 0.197. The Kier molecular flexibility index (Phi) is 8.54. The molecule has 0 spiro atoms. The maximum Gasteiger partial charge on any atom is 0.0802 e. The van der Waals surface area contributed by atoms with Gasteiger partial charge < -0.3 is 14.8 Å². The zero-order chi connectivity index (χ0) is 20.7. The quantitative estimate of drug-likeness (QED) is 0.578.